The van der Waals surface area contributed by atoms with Gasteiger partial charge in [-0.25, -0.2) is 0 Å². The molecule has 9 atom stereocenters. The average Bonchev–Trinajstić information content (AvgIpc) is 3.25. The molecule has 9 nitrogen and oxygen atoms in total. The Balaban J connectivity index is 1.65. The second kappa shape index (κ2) is 10.2. The van der Waals surface area contributed by atoms with Gasteiger partial charge in [-0.3, -0.25) is 9.59 Å². The van der Waals surface area contributed by atoms with Crippen molar-refractivity contribution in [3.05, 3.63) is 20.8 Å². The van der Waals surface area contributed by atoms with Crippen LogP contribution in [0.15, 0.2) is 4.79 Å². The first kappa shape index (κ1) is 30.3. The summed E-state index contributed by atoms with van der Waals surface area (Å²) in [5.74, 6) is -1.18. The van der Waals surface area contributed by atoms with Crippen molar-refractivity contribution in [1.82, 2.24) is 4.98 Å². The number of aromatic hydroxyl groups is 1. The number of ether oxygens (including phenoxy) is 3. The van der Waals surface area contributed by atoms with Crippen LogP contribution in [0.3, 0.4) is 0 Å². The number of hydrogen-bond acceptors (Lipinski definition) is 9. The lowest BCUT2D eigenvalue weighted by atomic mass is 9.53. The van der Waals surface area contributed by atoms with E-state index >= 15 is 0 Å². The predicted octanol–water partition coefficient (Wildman–Crippen LogP) is 5.30. The number of carbonyl (C=O) groups is 1. The van der Waals surface area contributed by atoms with Crippen LogP contribution in [0.4, 0.5) is 0 Å². The number of aromatic amines is 1. The van der Waals surface area contributed by atoms with Gasteiger partial charge in [0.25, 0.3) is 0 Å². The minimum atomic E-state index is -1.04. The zero-order valence-electron chi connectivity index (χ0n) is 25.4. The van der Waals surface area contributed by atoms with E-state index in [0.29, 0.717) is 40.6 Å². The first-order valence-electron chi connectivity index (χ1n) is 14.9. The molecule has 0 spiro atoms. The molecule has 0 bridgehead atoms. The molecule has 0 unspecified atom stereocenters. The first-order valence-corrected chi connectivity index (χ1v) is 15.7. The van der Waals surface area contributed by atoms with Gasteiger partial charge in [0.05, 0.1) is 39.7 Å². The number of phenolic OH excluding ortho intramolecular Hbond substituents is 1. The summed E-state index contributed by atoms with van der Waals surface area (Å²) in [6.07, 6.45) is 1.33. The van der Waals surface area contributed by atoms with Crippen molar-refractivity contribution in [3.63, 3.8) is 0 Å². The Morgan fingerprint density at radius 2 is 1.93 bits per heavy atom. The van der Waals surface area contributed by atoms with E-state index in [0.717, 1.165) is 24.2 Å². The molecule has 2 fully saturated rings. The largest absolute Gasteiger partial charge is 0.504 e. The lowest BCUT2D eigenvalue weighted by Crippen LogP contribution is -2.64. The van der Waals surface area contributed by atoms with E-state index in [9.17, 15) is 24.9 Å². The molecule has 10 heteroatoms. The van der Waals surface area contributed by atoms with Crippen molar-refractivity contribution >= 4 is 27.5 Å². The van der Waals surface area contributed by atoms with Crippen LogP contribution < -0.4 is 9.61 Å². The fraction of sp³-hybridized carbons (Fsp3) is 0.742. The third-order valence-corrected chi connectivity index (χ3v) is 11.3. The van der Waals surface area contributed by atoms with Gasteiger partial charge in [0.2, 0.25) is 0 Å². The normalized spacial score (nSPS) is 33.6. The van der Waals surface area contributed by atoms with Gasteiger partial charge in [0.1, 0.15) is 11.7 Å². The molecule has 41 heavy (non-hydrogen) atoms. The summed E-state index contributed by atoms with van der Waals surface area (Å²) in [5, 5.41) is 34.7. The maximum absolute atomic E-state index is 12.8. The Morgan fingerprint density at radius 3 is 2.54 bits per heavy atom. The Morgan fingerprint density at radius 1 is 1.24 bits per heavy atom. The number of carbonyl (C=O) groups excluding carboxylic acids is 1. The molecule has 1 aliphatic carbocycles. The van der Waals surface area contributed by atoms with Crippen molar-refractivity contribution in [2.75, 3.05) is 0 Å². The number of fused-ring (bicyclic) bond motifs is 6. The quantitative estimate of drug-likeness (QED) is 0.332. The third kappa shape index (κ3) is 4.79. The summed E-state index contributed by atoms with van der Waals surface area (Å²) >= 11 is 0.974. The van der Waals surface area contributed by atoms with Gasteiger partial charge in [0.15, 0.2) is 11.5 Å². The fourth-order valence-corrected chi connectivity index (χ4v) is 9.06. The number of esters is 1. The number of nitrogens with one attached hydrogen (secondary N) is 1. The van der Waals surface area contributed by atoms with E-state index in [1.807, 2.05) is 27.7 Å². The smallest absolute Gasteiger partial charge is 0.305 e. The molecular formula is C31H45NO8S. The molecule has 3 aliphatic rings. The zero-order chi connectivity index (χ0) is 30.2. The molecule has 1 saturated heterocycles. The molecular weight excluding hydrogens is 546 g/mol. The average molecular weight is 592 g/mol. The molecule has 2 aliphatic heterocycles. The van der Waals surface area contributed by atoms with Crippen LogP contribution in [-0.2, 0) is 14.3 Å². The van der Waals surface area contributed by atoms with Gasteiger partial charge < -0.3 is 34.5 Å². The summed E-state index contributed by atoms with van der Waals surface area (Å²) in [6, 6.07) is 0. The highest BCUT2D eigenvalue weighted by Gasteiger charge is 2.63. The number of H-pyrrole nitrogens is 1. The number of aliphatic hydroxyl groups is 2. The SMILES string of the molecule is CC[C@H](C)[C@@H](OC(C)=O)[C@@H](C)c1c(O)c2c(c3[nH]c(=O)sc13)[C@@H](O)[C@@H]1[C@@]3(C)CC[C@H](C(C)(C)O)O[C@@H]3CC[C@@]1(C)O2. The monoisotopic (exact) mass is 591 g/mol. The van der Waals surface area contributed by atoms with Crippen LogP contribution in [0.5, 0.6) is 11.5 Å². The first-order chi connectivity index (χ1) is 19.0. The van der Waals surface area contributed by atoms with Crippen molar-refractivity contribution in [2.24, 2.45) is 17.3 Å². The van der Waals surface area contributed by atoms with E-state index in [-0.39, 0.29) is 40.4 Å². The molecule has 0 radical (unpaired) electrons. The van der Waals surface area contributed by atoms with Gasteiger partial charge in [-0.15, -0.1) is 0 Å². The highest BCUT2D eigenvalue weighted by Crippen LogP contribution is 2.64. The molecule has 5 rings (SSSR count). The number of benzene rings is 1. The molecule has 0 amide bonds. The van der Waals surface area contributed by atoms with E-state index in [1.165, 1.54) is 6.92 Å². The zero-order valence-corrected chi connectivity index (χ0v) is 26.2. The molecule has 1 saturated carbocycles. The predicted molar refractivity (Wildman–Crippen MR) is 157 cm³/mol. The second-order valence-electron chi connectivity index (χ2n) is 13.7. The fourth-order valence-electron chi connectivity index (χ4n) is 8.06. The van der Waals surface area contributed by atoms with Crippen molar-refractivity contribution in [3.8, 4) is 11.5 Å². The van der Waals surface area contributed by atoms with Crippen molar-refractivity contribution in [2.45, 2.75) is 129 Å². The Kier molecular flexibility index (Phi) is 7.58. The summed E-state index contributed by atoms with van der Waals surface area (Å²) < 4.78 is 19.5. The van der Waals surface area contributed by atoms with E-state index < -0.39 is 40.7 Å². The molecule has 4 N–H and O–H groups in total. The summed E-state index contributed by atoms with van der Waals surface area (Å²) in [6.45, 7) is 14.9. The van der Waals surface area contributed by atoms with E-state index in [2.05, 4.69) is 11.9 Å². The second-order valence-corrected chi connectivity index (χ2v) is 14.6. The van der Waals surface area contributed by atoms with Crippen LogP contribution in [0.25, 0.3) is 10.2 Å². The summed E-state index contributed by atoms with van der Waals surface area (Å²) in [7, 11) is 0. The number of rotatable bonds is 6. The molecule has 228 valence electrons. The third-order valence-electron chi connectivity index (χ3n) is 10.3. The van der Waals surface area contributed by atoms with E-state index in [4.69, 9.17) is 14.2 Å². The van der Waals surface area contributed by atoms with Crippen molar-refractivity contribution in [1.29, 1.82) is 0 Å². The molecule has 3 heterocycles. The minimum absolute atomic E-state index is 0.00212. The Bertz CT molecular complexity index is 1390. The molecule has 1 aromatic heterocycles. The van der Waals surface area contributed by atoms with Crippen LogP contribution in [-0.4, -0.2) is 55.8 Å². The van der Waals surface area contributed by atoms with Gasteiger partial charge >= 0.3 is 10.8 Å². The lowest BCUT2D eigenvalue weighted by Gasteiger charge is -2.61. The van der Waals surface area contributed by atoms with Gasteiger partial charge in [0, 0.05) is 29.7 Å². The molecule has 1 aromatic carbocycles. The van der Waals surface area contributed by atoms with Crippen LogP contribution >= 0.6 is 11.3 Å². The Labute approximate surface area is 245 Å². The van der Waals surface area contributed by atoms with E-state index in [1.54, 1.807) is 13.8 Å². The van der Waals surface area contributed by atoms with Crippen LogP contribution in [0.1, 0.15) is 111 Å². The number of aromatic nitrogens is 1. The maximum atomic E-state index is 12.8. The van der Waals surface area contributed by atoms with Crippen LogP contribution in [0, 0.1) is 17.3 Å². The summed E-state index contributed by atoms with van der Waals surface area (Å²) in [4.78, 5) is 27.5. The minimum Gasteiger partial charge on any atom is -0.504 e. The molecule has 2 aromatic rings. The highest BCUT2D eigenvalue weighted by atomic mass is 32.1. The highest BCUT2D eigenvalue weighted by molar-refractivity contribution is 7.16. The topological polar surface area (TPSA) is 138 Å². The maximum Gasteiger partial charge on any atom is 0.305 e. The van der Waals surface area contributed by atoms with Gasteiger partial charge in [-0.2, -0.15) is 0 Å². The van der Waals surface area contributed by atoms with Crippen molar-refractivity contribution < 1.29 is 34.3 Å². The van der Waals surface area contributed by atoms with Crippen LogP contribution in [0.2, 0.25) is 0 Å². The number of thiazole rings is 1. The summed E-state index contributed by atoms with van der Waals surface area (Å²) in [5.41, 5.74) is -0.933. The standard InChI is InChI=1S/C31H45NO8S/c1-9-14(2)24(38-16(4)33)15(3)19-22(34)25-20(21-26(19)41-28(36)32-21)23(35)27-30(7)12-10-17(29(5,6)37)39-18(30)11-13-31(27,8)40-25/h14-15,17-18,23-24,27,34-35,37H,9-13H2,1-8H3,(H,32,36)/t14-,15-,17+,18+,23+,24+,27+,30-,31+/m0/s1. The lowest BCUT2D eigenvalue weighted by molar-refractivity contribution is -0.256. The Hall–Kier alpha value is -2.14. The number of phenols is 1. The van der Waals surface area contributed by atoms with Gasteiger partial charge in [-0.1, -0.05) is 45.5 Å². The number of aliphatic hydroxyl groups excluding tert-OH is 1. The van der Waals surface area contributed by atoms with Gasteiger partial charge in [-0.05, 0) is 52.4 Å². The number of hydrogen-bond donors (Lipinski definition) is 4.